The van der Waals surface area contributed by atoms with Gasteiger partial charge >= 0.3 is 6.18 Å². The highest BCUT2D eigenvalue weighted by molar-refractivity contribution is 5.97. The highest BCUT2D eigenvalue weighted by atomic mass is 19.4. The molecular weight excluding hydrogens is 260 g/mol. The van der Waals surface area contributed by atoms with Crippen molar-refractivity contribution in [1.82, 2.24) is 0 Å². The molecule has 1 aliphatic carbocycles. The van der Waals surface area contributed by atoms with Crippen LogP contribution < -0.4 is 0 Å². The van der Waals surface area contributed by atoms with Gasteiger partial charge < -0.3 is 0 Å². The van der Waals surface area contributed by atoms with Crippen molar-refractivity contribution in [2.45, 2.75) is 31.9 Å². The summed E-state index contributed by atoms with van der Waals surface area (Å²) in [5.41, 5.74) is 0.246. The number of Topliss-reactive ketones (excluding diaryl/α,β-unsaturated/α-hetero) is 1. The van der Waals surface area contributed by atoms with E-state index in [4.69, 9.17) is 0 Å². The lowest BCUT2D eigenvalue weighted by Gasteiger charge is -2.29. The van der Waals surface area contributed by atoms with Crippen LogP contribution in [0.25, 0.3) is 0 Å². The molecule has 1 saturated carbocycles. The van der Waals surface area contributed by atoms with Crippen LogP contribution >= 0.6 is 0 Å². The first-order valence-corrected chi connectivity index (χ1v) is 6.24. The highest BCUT2D eigenvalue weighted by Crippen LogP contribution is 2.40. The van der Waals surface area contributed by atoms with Crippen LogP contribution in [-0.2, 0) is 0 Å². The zero-order valence-electron chi connectivity index (χ0n) is 10.2. The van der Waals surface area contributed by atoms with Crippen molar-refractivity contribution in [1.29, 1.82) is 0 Å². The van der Waals surface area contributed by atoms with Gasteiger partial charge in [0.1, 0.15) is 5.82 Å². The van der Waals surface area contributed by atoms with Gasteiger partial charge in [-0.2, -0.15) is 13.2 Å². The maximum atomic E-state index is 13.0. The van der Waals surface area contributed by atoms with Crippen LogP contribution in [0.1, 0.15) is 36.0 Å². The molecule has 104 valence electrons. The Hall–Kier alpha value is -1.39. The quantitative estimate of drug-likeness (QED) is 0.578. The molecule has 19 heavy (non-hydrogen) atoms. The van der Waals surface area contributed by atoms with Gasteiger partial charge in [0, 0.05) is 11.5 Å². The average Bonchev–Trinajstić information content (AvgIpc) is 2.37. The second-order valence-electron chi connectivity index (χ2n) is 4.96. The summed E-state index contributed by atoms with van der Waals surface area (Å²) in [5.74, 6) is -2.47. The number of alkyl halides is 3. The number of ketones is 1. The van der Waals surface area contributed by atoms with Crippen LogP contribution in [0.3, 0.4) is 0 Å². The predicted octanol–water partition coefficient (Wildman–Crippen LogP) is 4.38. The summed E-state index contributed by atoms with van der Waals surface area (Å²) in [6.45, 7) is 0. The van der Waals surface area contributed by atoms with Gasteiger partial charge in [-0.25, -0.2) is 4.39 Å². The van der Waals surface area contributed by atoms with E-state index in [-0.39, 0.29) is 37.0 Å². The fourth-order valence-electron chi connectivity index (χ4n) is 2.56. The van der Waals surface area contributed by atoms with Gasteiger partial charge in [-0.05, 0) is 37.8 Å². The van der Waals surface area contributed by atoms with Gasteiger partial charge in [-0.15, -0.1) is 0 Å². The molecule has 0 amide bonds. The number of hydrogen-bond acceptors (Lipinski definition) is 1. The maximum Gasteiger partial charge on any atom is 0.391 e. The fraction of sp³-hybridized carbons (Fsp3) is 0.500. The van der Waals surface area contributed by atoms with E-state index in [0.717, 1.165) is 6.07 Å². The molecule has 2 rings (SSSR count). The second kappa shape index (κ2) is 5.31. The standard InChI is InChI=1S/C14H14F4O/c15-12-3-1-2-10(8-12)13(19)9-4-6-11(7-5-9)14(16,17)18/h1-3,8-9,11H,4-7H2. The highest BCUT2D eigenvalue weighted by Gasteiger charge is 2.42. The first kappa shape index (κ1) is 14.0. The van der Waals surface area contributed by atoms with Gasteiger partial charge in [0.2, 0.25) is 0 Å². The lowest BCUT2D eigenvalue weighted by molar-refractivity contribution is -0.183. The molecule has 1 aromatic carbocycles. The lowest BCUT2D eigenvalue weighted by atomic mass is 9.78. The normalized spacial score (nSPS) is 24.2. The van der Waals surface area contributed by atoms with E-state index in [0.29, 0.717) is 0 Å². The van der Waals surface area contributed by atoms with Crippen LogP contribution in [0.2, 0.25) is 0 Å². The molecule has 5 heteroatoms. The van der Waals surface area contributed by atoms with E-state index in [9.17, 15) is 22.4 Å². The monoisotopic (exact) mass is 274 g/mol. The molecule has 1 aromatic rings. The third kappa shape index (κ3) is 3.33. The summed E-state index contributed by atoms with van der Waals surface area (Å²) >= 11 is 0. The fourth-order valence-corrected chi connectivity index (χ4v) is 2.56. The average molecular weight is 274 g/mol. The van der Waals surface area contributed by atoms with Crippen molar-refractivity contribution < 1.29 is 22.4 Å². The van der Waals surface area contributed by atoms with Gasteiger partial charge in [0.25, 0.3) is 0 Å². The molecule has 0 atom stereocenters. The first-order valence-electron chi connectivity index (χ1n) is 6.24. The van der Waals surface area contributed by atoms with Crippen molar-refractivity contribution in [3.8, 4) is 0 Å². The van der Waals surface area contributed by atoms with Crippen LogP contribution in [0.4, 0.5) is 17.6 Å². The number of halogens is 4. The minimum absolute atomic E-state index is 0.0186. The third-order valence-corrected chi connectivity index (χ3v) is 3.67. The summed E-state index contributed by atoms with van der Waals surface area (Å²) in [6.07, 6.45) is -3.77. The number of carbonyl (C=O) groups is 1. The summed E-state index contributed by atoms with van der Waals surface area (Å²) < 4.78 is 50.5. The van der Waals surface area contributed by atoms with Crippen molar-refractivity contribution >= 4 is 5.78 Å². The minimum Gasteiger partial charge on any atom is -0.294 e. The lowest BCUT2D eigenvalue weighted by Crippen LogP contribution is -2.30. The number of carbonyl (C=O) groups excluding carboxylic acids is 1. The number of hydrogen-bond donors (Lipinski definition) is 0. The van der Waals surface area contributed by atoms with Crippen LogP contribution in [0.15, 0.2) is 24.3 Å². The zero-order valence-corrected chi connectivity index (χ0v) is 10.2. The van der Waals surface area contributed by atoms with E-state index in [1.54, 1.807) is 0 Å². The molecule has 0 aromatic heterocycles. The van der Waals surface area contributed by atoms with E-state index in [1.165, 1.54) is 18.2 Å². The molecule has 1 fully saturated rings. The number of rotatable bonds is 2. The largest absolute Gasteiger partial charge is 0.391 e. The summed E-state index contributed by atoms with van der Waals surface area (Å²) in [6, 6.07) is 5.31. The molecule has 0 radical (unpaired) electrons. The topological polar surface area (TPSA) is 17.1 Å². The second-order valence-corrected chi connectivity index (χ2v) is 4.96. The van der Waals surface area contributed by atoms with E-state index in [2.05, 4.69) is 0 Å². The molecule has 0 N–H and O–H groups in total. The van der Waals surface area contributed by atoms with Gasteiger partial charge in [0.15, 0.2) is 5.78 Å². The molecule has 1 aliphatic rings. The van der Waals surface area contributed by atoms with E-state index in [1.807, 2.05) is 0 Å². The maximum absolute atomic E-state index is 13.0. The Morgan fingerprint density at radius 2 is 1.74 bits per heavy atom. The molecule has 0 heterocycles. The Morgan fingerprint density at radius 3 is 2.26 bits per heavy atom. The SMILES string of the molecule is O=C(c1cccc(F)c1)C1CCC(C(F)(F)F)CC1. The van der Waals surface area contributed by atoms with E-state index < -0.39 is 23.8 Å². The molecular formula is C14H14F4O. The smallest absolute Gasteiger partial charge is 0.294 e. The van der Waals surface area contributed by atoms with E-state index >= 15 is 0 Å². The molecule has 0 saturated heterocycles. The van der Waals surface area contributed by atoms with Crippen LogP contribution in [0, 0.1) is 17.7 Å². The molecule has 0 spiro atoms. The van der Waals surface area contributed by atoms with Crippen molar-refractivity contribution in [2.24, 2.45) is 11.8 Å². The molecule has 0 unspecified atom stereocenters. The van der Waals surface area contributed by atoms with Gasteiger partial charge in [0.05, 0.1) is 5.92 Å². The predicted molar refractivity (Wildman–Crippen MR) is 62.2 cm³/mol. The number of benzene rings is 1. The Labute approximate surface area is 108 Å². The van der Waals surface area contributed by atoms with Gasteiger partial charge in [-0.1, -0.05) is 12.1 Å². The first-order chi connectivity index (χ1) is 8.88. The van der Waals surface area contributed by atoms with Crippen LogP contribution in [-0.4, -0.2) is 12.0 Å². The summed E-state index contributed by atoms with van der Waals surface area (Å²) in [5, 5.41) is 0. The molecule has 0 bridgehead atoms. The summed E-state index contributed by atoms with van der Waals surface area (Å²) in [4.78, 5) is 12.1. The van der Waals surface area contributed by atoms with Crippen molar-refractivity contribution in [3.63, 3.8) is 0 Å². The summed E-state index contributed by atoms with van der Waals surface area (Å²) in [7, 11) is 0. The molecule has 0 aliphatic heterocycles. The third-order valence-electron chi connectivity index (χ3n) is 3.67. The van der Waals surface area contributed by atoms with Crippen molar-refractivity contribution in [3.05, 3.63) is 35.6 Å². The van der Waals surface area contributed by atoms with Crippen molar-refractivity contribution in [2.75, 3.05) is 0 Å². The molecule has 1 nitrogen and oxygen atoms in total. The Kier molecular flexibility index (Phi) is 3.92. The van der Waals surface area contributed by atoms with Gasteiger partial charge in [-0.3, -0.25) is 4.79 Å². The zero-order chi connectivity index (χ0) is 14.0. The van der Waals surface area contributed by atoms with Crippen LogP contribution in [0.5, 0.6) is 0 Å². The minimum atomic E-state index is -4.17. The Morgan fingerprint density at radius 1 is 1.11 bits per heavy atom. The Balaban J connectivity index is 2.00. The Bertz CT molecular complexity index is 459.